The predicted molar refractivity (Wildman–Crippen MR) is 67.5 cm³/mol. The number of allylic oxidation sites excluding steroid dienone is 1. The van der Waals surface area contributed by atoms with Gasteiger partial charge < -0.3 is 16.6 Å². The maximum Gasteiger partial charge on any atom is 0.320 e. The van der Waals surface area contributed by atoms with Gasteiger partial charge in [0.2, 0.25) is 0 Å². The Bertz CT molecular complexity index is 274. The van der Waals surface area contributed by atoms with E-state index in [0.29, 0.717) is 5.84 Å². The van der Waals surface area contributed by atoms with Gasteiger partial charge in [-0.05, 0) is 19.8 Å². The minimum absolute atomic E-state index is 0.107. The lowest BCUT2D eigenvalue weighted by Gasteiger charge is -2.02. The average Bonchev–Trinajstić information content (AvgIpc) is 2.28. The van der Waals surface area contributed by atoms with Crippen LogP contribution in [0.15, 0.2) is 16.9 Å². The van der Waals surface area contributed by atoms with Gasteiger partial charge in [0.05, 0.1) is 12.4 Å². The van der Waals surface area contributed by atoms with Crippen molar-refractivity contribution in [3.8, 4) is 0 Å². The van der Waals surface area contributed by atoms with Gasteiger partial charge in [-0.2, -0.15) is 0 Å². The van der Waals surface area contributed by atoms with E-state index in [1.807, 2.05) is 13.8 Å². The quantitative estimate of drug-likeness (QED) is 0.488. The number of amidine groups is 1. The van der Waals surface area contributed by atoms with Crippen molar-refractivity contribution in [2.45, 2.75) is 39.7 Å². The zero-order valence-corrected chi connectivity index (χ0v) is 10.6. The molecule has 5 nitrogen and oxygen atoms in total. The van der Waals surface area contributed by atoms with E-state index in [1.165, 1.54) is 6.08 Å². The van der Waals surface area contributed by atoms with Gasteiger partial charge in [0, 0.05) is 0 Å². The van der Waals surface area contributed by atoms with Crippen LogP contribution in [0.3, 0.4) is 0 Å². The maximum atomic E-state index is 12.9. The molecule has 1 atom stereocenters. The number of rotatable bonds is 6. The van der Waals surface area contributed by atoms with E-state index >= 15 is 0 Å². The summed E-state index contributed by atoms with van der Waals surface area (Å²) in [6, 6.07) is -0.950. The van der Waals surface area contributed by atoms with Crippen LogP contribution in [0, 0.1) is 0 Å². The molecule has 0 aromatic heterocycles. The standard InChI is InChI=1S/C9H16FN3O2.C2H6/c1-6(11)13-5-7(10)3-2-4-8(12)9(14)15;1-2/h3,8H,2,4-5,12H2,1H3,(H2,11,13)(H,14,15);1-2H3/b7-3+;. The highest BCUT2D eigenvalue weighted by atomic mass is 19.1. The summed E-state index contributed by atoms with van der Waals surface area (Å²) in [5.74, 6) is -1.21. The summed E-state index contributed by atoms with van der Waals surface area (Å²) in [4.78, 5) is 14.0. The van der Waals surface area contributed by atoms with Crippen LogP contribution < -0.4 is 11.5 Å². The third-order valence-corrected chi connectivity index (χ3v) is 1.64. The van der Waals surface area contributed by atoms with Gasteiger partial charge in [0.1, 0.15) is 11.9 Å². The number of aliphatic carboxylic acids is 1. The van der Waals surface area contributed by atoms with Gasteiger partial charge in [-0.15, -0.1) is 0 Å². The number of hydrogen-bond donors (Lipinski definition) is 3. The molecule has 5 N–H and O–H groups in total. The number of halogens is 1. The van der Waals surface area contributed by atoms with E-state index in [1.54, 1.807) is 6.92 Å². The SMILES string of the molecule is CC.CC(N)=NC/C(F)=C\CCC(N)C(=O)O. The molecule has 100 valence electrons. The van der Waals surface area contributed by atoms with Crippen molar-refractivity contribution in [1.29, 1.82) is 0 Å². The maximum absolute atomic E-state index is 12.9. The van der Waals surface area contributed by atoms with Crippen molar-refractivity contribution in [3.05, 3.63) is 11.9 Å². The number of carbonyl (C=O) groups is 1. The van der Waals surface area contributed by atoms with Crippen LogP contribution in [0.25, 0.3) is 0 Å². The van der Waals surface area contributed by atoms with E-state index in [2.05, 4.69) is 4.99 Å². The van der Waals surface area contributed by atoms with E-state index in [9.17, 15) is 9.18 Å². The Kier molecular flexibility index (Phi) is 11.7. The molecule has 0 bridgehead atoms. The van der Waals surface area contributed by atoms with Crippen LogP contribution in [0.5, 0.6) is 0 Å². The van der Waals surface area contributed by atoms with E-state index in [4.69, 9.17) is 16.6 Å². The molecule has 0 saturated heterocycles. The van der Waals surface area contributed by atoms with Crippen LogP contribution in [0.4, 0.5) is 4.39 Å². The topological polar surface area (TPSA) is 102 Å². The average molecular weight is 247 g/mol. The summed E-state index contributed by atoms with van der Waals surface area (Å²) < 4.78 is 12.9. The minimum Gasteiger partial charge on any atom is -0.480 e. The van der Waals surface area contributed by atoms with Crippen LogP contribution in [0.1, 0.15) is 33.6 Å². The molecule has 0 saturated carbocycles. The number of carboxylic acid groups (broad SMARTS) is 1. The number of carboxylic acids is 1. The van der Waals surface area contributed by atoms with Gasteiger partial charge >= 0.3 is 5.97 Å². The summed E-state index contributed by atoms with van der Waals surface area (Å²) in [6.45, 7) is 5.46. The molecule has 17 heavy (non-hydrogen) atoms. The van der Waals surface area contributed by atoms with Gasteiger partial charge in [0.25, 0.3) is 0 Å². The smallest absolute Gasteiger partial charge is 0.320 e. The third kappa shape index (κ3) is 12.5. The lowest BCUT2D eigenvalue weighted by molar-refractivity contribution is -0.138. The van der Waals surface area contributed by atoms with Crippen molar-refractivity contribution in [3.63, 3.8) is 0 Å². The van der Waals surface area contributed by atoms with Crippen molar-refractivity contribution >= 4 is 11.8 Å². The second kappa shape index (κ2) is 11.1. The van der Waals surface area contributed by atoms with Crippen LogP contribution in [0.2, 0.25) is 0 Å². The molecule has 0 aromatic rings. The third-order valence-electron chi connectivity index (χ3n) is 1.64. The fourth-order valence-electron chi connectivity index (χ4n) is 0.808. The molecule has 6 heteroatoms. The van der Waals surface area contributed by atoms with E-state index in [0.717, 1.165) is 0 Å². The molecule has 0 aliphatic rings. The largest absolute Gasteiger partial charge is 0.480 e. The molecular weight excluding hydrogens is 225 g/mol. The Labute approximate surface area is 101 Å². The van der Waals surface area contributed by atoms with Crippen molar-refractivity contribution in [2.24, 2.45) is 16.5 Å². The molecule has 0 fully saturated rings. The van der Waals surface area contributed by atoms with Gasteiger partial charge in [0.15, 0.2) is 0 Å². The van der Waals surface area contributed by atoms with Crippen LogP contribution >= 0.6 is 0 Å². The van der Waals surface area contributed by atoms with E-state index < -0.39 is 17.8 Å². The van der Waals surface area contributed by atoms with Crippen LogP contribution in [-0.4, -0.2) is 29.5 Å². The number of nitrogens with zero attached hydrogens (tertiary/aromatic N) is 1. The van der Waals surface area contributed by atoms with Gasteiger partial charge in [-0.3, -0.25) is 9.79 Å². The first-order valence-corrected chi connectivity index (χ1v) is 5.53. The Balaban J connectivity index is 0. The first kappa shape index (κ1) is 17.9. The fraction of sp³-hybridized carbons (Fsp3) is 0.636. The highest BCUT2D eigenvalue weighted by molar-refractivity contribution is 5.77. The lowest BCUT2D eigenvalue weighted by Crippen LogP contribution is -2.29. The highest BCUT2D eigenvalue weighted by Crippen LogP contribution is 2.03. The lowest BCUT2D eigenvalue weighted by atomic mass is 10.1. The first-order valence-electron chi connectivity index (χ1n) is 5.53. The van der Waals surface area contributed by atoms with E-state index in [-0.39, 0.29) is 19.4 Å². The molecule has 0 rings (SSSR count). The monoisotopic (exact) mass is 247 g/mol. The molecule has 0 aliphatic carbocycles. The molecule has 0 radical (unpaired) electrons. The summed E-state index contributed by atoms with van der Waals surface area (Å²) in [5, 5.41) is 8.45. The van der Waals surface area contributed by atoms with Gasteiger partial charge in [-0.25, -0.2) is 4.39 Å². The molecule has 0 heterocycles. The molecule has 0 aliphatic heterocycles. The minimum atomic E-state index is -1.08. The summed E-state index contributed by atoms with van der Waals surface area (Å²) in [5.41, 5.74) is 10.4. The van der Waals surface area contributed by atoms with Crippen molar-refractivity contribution < 1.29 is 14.3 Å². The normalized spacial score (nSPS) is 13.7. The Hall–Kier alpha value is -1.43. The number of nitrogens with two attached hydrogens (primary N) is 2. The zero-order valence-electron chi connectivity index (χ0n) is 10.6. The van der Waals surface area contributed by atoms with Crippen molar-refractivity contribution in [1.82, 2.24) is 0 Å². The Morgan fingerprint density at radius 2 is 2.06 bits per heavy atom. The number of aliphatic imine (C=N–C) groups is 1. The molecule has 0 aromatic carbocycles. The summed E-state index contributed by atoms with van der Waals surface area (Å²) >= 11 is 0. The second-order valence-corrected chi connectivity index (χ2v) is 3.13. The molecule has 0 spiro atoms. The van der Waals surface area contributed by atoms with Gasteiger partial charge in [-0.1, -0.05) is 19.9 Å². The summed E-state index contributed by atoms with van der Waals surface area (Å²) in [7, 11) is 0. The molecule has 1 unspecified atom stereocenters. The first-order chi connectivity index (χ1) is 7.93. The highest BCUT2D eigenvalue weighted by Gasteiger charge is 2.09. The predicted octanol–water partition coefficient (Wildman–Crippen LogP) is 1.44. The second-order valence-electron chi connectivity index (χ2n) is 3.13. The Morgan fingerprint density at radius 3 is 2.47 bits per heavy atom. The van der Waals surface area contributed by atoms with Crippen LogP contribution in [-0.2, 0) is 4.79 Å². The van der Waals surface area contributed by atoms with Crippen molar-refractivity contribution in [2.75, 3.05) is 6.54 Å². The molecule has 0 amide bonds. The fourth-order valence-corrected chi connectivity index (χ4v) is 0.808. The zero-order chi connectivity index (χ0) is 13.8. The molecular formula is C11H22FN3O2. The number of hydrogen-bond acceptors (Lipinski definition) is 3. The Morgan fingerprint density at radius 1 is 1.53 bits per heavy atom. The summed E-state index contributed by atoms with van der Waals surface area (Å²) in [6.07, 6.45) is 1.75.